The Balaban J connectivity index is 2.45. The van der Waals surface area contributed by atoms with E-state index >= 15 is 0 Å². The van der Waals surface area contributed by atoms with Gasteiger partial charge in [-0.05, 0) is 25.1 Å². The standard InChI is InChI=1S/C12H13BrN2O2/c1-8(16)6-15-7-12(17)14(2)11-5-9(13)3-4-10(11)15/h3-5H,6-7H2,1-2H3. The highest BCUT2D eigenvalue weighted by Gasteiger charge is 2.27. The van der Waals surface area contributed by atoms with Crippen molar-refractivity contribution in [3.05, 3.63) is 22.7 Å². The Hall–Kier alpha value is -1.36. The van der Waals surface area contributed by atoms with Gasteiger partial charge in [0.05, 0.1) is 24.5 Å². The highest BCUT2D eigenvalue weighted by atomic mass is 79.9. The van der Waals surface area contributed by atoms with E-state index in [1.165, 1.54) is 6.92 Å². The highest BCUT2D eigenvalue weighted by molar-refractivity contribution is 9.10. The molecule has 1 aliphatic heterocycles. The number of Topliss-reactive ketones (excluding diaryl/α,β-unsaturated/α-hetero) is 1. The minimum absolute atomic E-state index is 0.00292. The van der Waals surface area contributed by atoms with Crippen LogP contribution in [-0.2, 0) is 9.59 Å². The van der Waals surface area contributed by atoms with Crippen LogP contribution in [0.2, 0.25) is 0 Å². The van der Waals surface area contributed by atoms with Gasteiger partial charge in [-0.2, -0.15) is 0 Å². The molecule has 0 atom stereocenters. The molecule has 1 heterocycles. The molecule has 1 amide bonds. The second-order valence-corrected chi connectivity index (χ2v) is 5.06. The van der Waals surface area contributed by atoms with Crippen molar-refractivity contribution >= 4 is 39.0 Å². The zero-order valence-electron chi connectivity index (χ0n) is 9.74. The van der Waals surface area contributed by atoms with Crippen LogP contribution in [-0.4, -0.2) is 31.8 Å². The van der Waals surface area contributed by atoms with E-state index in [9.17, 15) is 9.59 Å². The zero-order chi connectivity index (χ0) is 12.6. The monoisotopic (exact) mass is 296 g/mol. The predicted octanol–water partition coefficient (Wildman–Crippen LogP) is 1.82. The number of anilines is 2. The Morgan fingerprint density at radius 2 is 2.12 bits per heavy atom. The first-order chi connectivity index (χ1) is 7.99. The summed E-state index contributed by atoms with van der Waals surface area (Å²) in [5.74, 6) is 0.0491. The van der Waals surface area contributed by atoms with Gasteiger partial charge in [0.2, 0.25) is 5.91 Å². The molecule has 0 N–H and O–H groups in total. The topological polar surface area (TPSA) is 40.6 Å². The van der Waals surface area contributed by atoms with Gasteiger partial charge in [0, 0.05) is 11.5 Å². The van der Waals surface area contributed by atoms with Crippen molar-refractivity contribution < 1.29 is 9.59 Å². The summed E-state index contributed by atoms with van der Waals surface area (Å²) in [5.41, 5.74) is 1.75. The van der Waals surface area contributed by atoms with E-state index in [0.717, 1.165) is 15.8 Å². The number of hydrogen-bond donors (Lipinski definition) is 0. The molecule has 17 heavy (non-hydrogen) atoms. The van der Waals surface area contributed by atoms with E-state index in [1.54, 1.807) is 11.9 Å². The minimum atomic E-state index is -0.00292. The van der Waals surface area contributed by atoms with Gasteiger partial charge in [-0.15, -0.1) is 0 Å². The maximum Gasteiger partial charge on any atom is 0.246 e. The maximum absolute atomic E-state index is 11.8. The molecule has 90 valence electrons. The van der Waals surface area contributed by atoms with E-state index in [0.29, 0.717) is 0 Å². The third kappa shape index (κ3) is 2.34. The van der Waals surface area contributed by atoms with E-state index in [4.69, 9.17) is 0 Å². The van der Waals surface area contributed by atoms with Gasteiger partial charge in [-0.1, -0.05) is 15.9 Å². The molecule has 0 bridgehead atoms. The Bertz CT molecular complexity index is 487. The Kier molecular flexibility index (Phi) is 3.19. The fourth-order valence-electron chi connectivity index (χ4n) is 1.93. The number of ketones is 1. The predicted molar refractivity (Wildman–Crippen MR) is 70.4 cm³/mol. The molecule has 1 aliphatic rings. The van der Waals surface area contributed by atoms with Crippen molar-refractivity contribution in [1.82, 2.24) is 0 Å². The first kappa shape index (κ1) is 12.1. The van der Waals surface area contributed by atoms with Crippen LogP contribution >= 0.6 is 15.9 Å². The quantitative estimate of drug-likeness (QED) is 0.836. The second kappa shape index (κ2) is 4.49. The van der Waals surface area contributed by atoms with Gasteiger partial charge in [0.1, 0.15) is 5.78 Å². The number of likely N-dealkylation sites (N-methyl/N-ethyl adjacent to an activating group) is 1. The molecule has 0 aromatic heterocycles. The van der Waals surface area contributed by atoms with Gasteiger partial charge >= 0.3 is 0 Å². The summed E-state index contributed by atoms with van der Waals surface area (Å²) in [6.07, 6.45) is 0. The van der Waals surface area contributed by atoms with Crippen molar-refractivity contribution in [3.63, 3.8) is 0 Å². The Morgan fingerprint density at radius 1 is 1.41 bits per heavy atom. The Labute approximate surface area is 108 Å². The molecule has 0 spiro atoms. The first-order valence-corrected chi connectivity index (χ1v) is 6.09. The summed E-state index contributed by atoms with van der Waals surface area (Å²) >= 11 is 3.39. The summed E-state index contributed by atoms with van der Waals surface area (Å²) in [6.45, 7) is 2.06. The molecule has 1 aromatic rings. The van der Waals surface area contributed by atoms with Crippen LogP contribution in [0.1, 0.15) is 6.92 Å². The van der Waals surface area contributed by atoms with Crippen LogP contribution in [0.4, 0.5) is 11.4 Å². The fraction of sp³-hybridized carbons (Fsp3) is 0.333. The van der Waals surface area contributed by atoms with Crippen LogP contribution in [0, 0.1) is 0 Å². The lowest BCUT2D eigenvalue weighted by Gasteiger charge is -2.35. The smallest absolute Gasteiger partial charge is 0.246 e. The molecule has 0 aliphatic carbocycles. The molecule has 1 aromatic carbocycles. The Morgan fingerprint density at radius 3 is 2.76 bits per heavy atom. The summed E-state index contributed by atoms with van der Waals surface area (Å²) in [6, 6.07) is 5.72. The molecule has 0 fully saturated rings. The van der Waals surface area contributed by atoms with Crippen molar-refractivity contribution in [2.45, 2.75) is 6.92 Å². The van der Waals surface area contributed by atoms with Crippen molar-refractivity contribution in [3.8, 4) is 0 Å². The van der Waals surface area contributed by atoms with Gasteiger partial charge in [0.25, 0.3) is 0 Å². The number of hydrogen-bond acceptors (Lipinski definition) is 3. The summed E-state index contributed by atoms with van der Waals surface area (Å²) in [7, 11) is 1.75. The number of carbonyl (C=O) groups is 2. The van der Waals surface area contributed by atoms with E-state index in [2.05, 4.69) is 15.9 Å². The molecule has 0 saturated carbocycles. The highest BCUT2D eigenvalue weighted by Crippen LogP contribution is 2.34. The number of fused-ring (bicyclic) bond motifs is 1. The third-order valence-electron chi connectivity index (χ3n) is 2.75. The average molecular weight is 297 g/mol. The average Bonchev–Trinajstić information content (AvgIpc) is 2.24. The molecule has 0 radical (unpaired) electrons. The number of benzene rings is 1. The van der Waals surface area contributed by atoms with Crippen LogP contribution < -0.4 is 9.80 Å². The van der Waals surface area contributed by atoms with Gasteiger partial charge < -0.3 is 9.80 Å². The number of nitrogens with zero attached hydrogens (tertiary/aromatic N) is 2. The summed E-state index contributed by atoms with van der Waals surface area (Å²) in [4.78, 5) is 26.5. The lowest BCUT2D eigenvalue weighted by atomic mass is 10.1. The first-order valence-electron chi connectivity index (χ1n) is 5.29. The van der Waals surface area contributed by atoms with Crippen LogP contribution in [0.5, 0.6) is 0 Å². The largest absolute Gasteiger partial charge is 0.353 e. The van der Waals surface area contributed by atoms with Crippen LogP contribution in [0.15, 0.2) is 22.7 Å². The normalized spacial score (nSPS) is 14.9. The number of rotatable bonds is 2. The van der Waals surface area contributed by atoms with Crippen LogP contribution in [0.3, 0.4) is 0 Å². The van der Waals surface area contributed by atoms with Crippen molar-refractivity contribution in [2.24, 2.45) is 0 Å². The molecular weight excluding hydrogens is 284 g/mol. The molecule has 4 nitrogen and oxygen atoms in total. The fourth-order valence-corrected chi connectivity index (χ4v) is 2.28. The number of amides is 1. The molecule has 2 rings (SSSR count). The molecule has 0 saturated heterocycles. The number of carbonyl (C=O) groups excluding carboxylic acids is 2. The summed E-state index contributed by atoms with van der Waals surface area (Å²) in [5, 5.41) is 0. The van der Waals surface area contributed by atoms with E-state index in [1.807, 2.05) is 23.1 Å². The van der Waals surface area contributed by atoms with Crippen molar-refractivity contribution in [1.29, 1.82) is 0 Å². The van der Waals surface area contributed by atoms with Gasteiger partial charge in [-0.25, -0.2) is 0 Å². The molecule has 5 heteroatoms. The second-order valence-electron chi connectivity index (χ2n) is 4.14. The van der Waals surface area contributed by atoms with Crippen molar-refractivity contribution in [2.75, 3.05) is 29.9 Å². The third-order valence-corrected chi connectivity index (χ3v) is 3.25. The minimum Gasteiger partial charge on any atom is -0.353 e. The summed E-state index contributed by atoms with van der Waals surface area (Å²) < 4.78 is 0.917. The number of halogens is 1. The zero-order valence-corrected chi connectivity index (χ0v) is 11.3. The SMILES string of the molecule is CC(=O)CN1CC(=O)N(C)c2cc(Br)ccc21. The van der Waals surface area contributed by atoms with Crippen LogP contribution in [0.25, 0.3) is 0 Å². The molecular formula is C12H13BrN2O2. The van der Waals surface area contributed by atoms with E-state index in [-0.39, 0.29) is 24.8 Å². The lowest BCUT2D eigenvalue weighted by Crippen LogP contribution is -2.45. The lowest BCUT2D eigenvalue weighted by molar-refractivity contribution is -0.117. The van der Waals surface area contributed by atoms with Gasteiger partial charge in [0.15, 0.2) is 0 Å². The van der Waals surface area contributed by atoms with E-state index < -0.39 is 0 Å². The maximum atomic E-state index is 11.8. The van der Waals surface area contributed by atoms with Gasteiger partial charge in [-0.3, -0.25) is 9.59 Å². The molecule has 0 unspecified atom stereocenters.